The molecule has 5 unspecified atom stereocenters. The van der Waals surface area contributed by atoms with Gasteiger partial charge in [0.25, 0.3) is 0 Å². The molecule has 212 valence electrons. The van der Waals surface area contributed by atoms with Crippen molar-refractivity contribution < 1.29 is 34.5 Å². The van der Waals surface area contributed by atoms with E-state index in [-0.39, 0.29) is 30.9 Å². The molecule has 2 rings (SSSR count). The van der Waals surface area contributed by atoms with Crippen LogP contribution in [0.2, 0.25) is 0 Å². The molecule has 3 amide bonds. The normalized spacial score (nSPS) is 14.9. The second-order valence-corrected chi connectivity index (χ2v) is 9.98. The number of phenols is 1. The molecule has 0 aliphatic heterocycles. The Morgan fingerprint density at radius 2 is 1.33 bits per heavy atom. The lowest BCUT2D eigenvalue weighted by atomic mass is 10.0. The predicted octanol–water partition coefficient (Wildman–Crippen LogP) is 0.471. The van der Waals surface area contributed by atoms with Crippen molar-refractivity contribution >= 4 is 23.7 Å². The summed E-state index contributed by atoms with van der Waals surface area (Å²) in [6.07, 6.45) is -0.992. The molecule has 0 heterocycles. The molecule has 0 aliphatic rings. The molecule has 0 bridgehead atoms. The second kappa shape index (κ2) is 14.8. The maximum Gasteiger partial charge on any atom is 0.326 e. The van der Waals surface area contributed by atoms with E-state index >= 15 is 0 Å². The fourth-order valence-electron chi connectivity index (χ4n) is 3.93. The summed E-state index contributed by atoms with van der Waals surface area (Å²) in [4.78, 5) is 50.7. The lowest BCUT2D eigenvalue weighted by molar-refractivity contribution is -0.143. The highest BCUT2D eigenvalue weighted by Gasteiger charge is 2.33. The van der Waals surface area contributed by atoms with Crippen LogP contribution in [0.4, 0.5) is 0 Å². The number of rotatable bonds is 14. The van der Waals surface area contributed by atoms with Gasteiger partial charge in [0, 0.05) is 6.42 Å². The number of phenolic OH excluding ortho intramolecular Hbond substituents is 1. The third kappa shape index (κ3) is 10.4. The SMILES string of the molecule is CC(C)CC(NC(=O)C(NC(=O)C(Cc1ccc(O)cc1)NC(=O)C(N)Cc1ccccc1)C(C)O)C(=O)O. The number of benzene rings is 2. The van der Waals surface area contributed by atoms with Gasteiger partial charge in [-0.15, -0.1) is 0 Å². The largest absolute Gasteiger partial charge is 0.508 e. The quantitative estimate of drug-likeness (QED) is 0.179. The highest BCUT2D eigenvalue weighted by atomic mass is 16.4. The van der Waals surface area contributed by atoms with Crippen LogP contribution in [0.5, 0.6) is 5.75 Å². The average molecular weight is 543 g/mol. The Morgan fingerprint density at radius 3 is 1.87 bits per heavy atom. The van der Waals surface area contributed by atoms with E-state index in [0.29, 0.717) is 5.56 Å². The molecular weight excluding hydrogens is 504 g/mol. The number of aliphatic carboxylic acids is 1. The van der Waals surface area contributed by atoms with Gasteiger partial charge in [-0.25, -0.2) is 4.79 Å². The Morgan fingerprint density at radius 1 is 0.769 bits per heavy atom. The lowest BCUT2D eigenvalue weighted by Gasteiger charge is -2.27. The first-order valence-electron chi connectivity index (χ1n) is 12.8. The summed E-state index contributed by atoms with van der Waals surface area (Å²) in [7, 11) is 0. The Labute approximate surface area is 227 Å². The first kappa shape index (κ1) is 31.3. The number of hydrogen-bond acceptors (Lipinski definition) is 7. The van der Waals surface area contributed by atoms with Gasteiger partial charge >= 0.3 is 5.97 Å². The van der Waals surface area contributed by atoms with Crippen LogP contribution in [0, 0.1) is 5.92 Å². The molecule has 11 heteroatoms. The number of nitrogens with one attached hydrogen (secondary N) is 3. The summed E-state index contributed by atoms with van der Waals surface area (Å²) in [6, 6.07) is 10.3. The van der Waals surface area contributed by atoms with Gasteiger partial charge in [0.15, 0.2) is 0 Å². The van der Waals surface area contributed by atoms with Crippen molar-refractivity contribution in [1.29, 1.82) is 0 Å². The van der Waals surface area contributed by atoms with Crippen LogP contribution in [0.25, 0.3) is 0 Å². The number of hydrogen-bond donors (Lipinski definition) is 7. The number of nitrogens with two attached hydrogens (primary N) is 1. The van der Waals surface area contributed by atoms with Crippen molar-refractivity contribution in [3.63, 3.8) is 0 Å². The molecule has 39 heavy (non-hydrogen) atoms. The van der Waals surface area contributed by atoms with Crippen LogP contribution in [0.15, 0.2) is 54.6 Å². The molecule has 2 aromatic rings. The number of aliphatic hydroxyl groups is 1. The van der Waals surface area contributed by atoms with Crippen LogP contribution in [0.1, 0.15) is 38.3 Å². The molecule has 0 aromatic heterocycles. The highest BCUT2D eigenvalue weighted by Crippen LogP contribution is 2.13. The van der Waals surface area contributed by atoms with E-state index in [2.05, 4.69) is 16.0 Å². The van der Waals surface area contributed by atoms with Crippen LogP contribution in [-0.2, 0) is 32.0 Å². The van der Waals surface area contributed by atoms with Crippen molar-refractivity contribution in [1.82, 2.24) is 16.0 Å². The highest BCUT2D eigenvalue weighted by molar-refractivity contribution is 5.94. The van der Waals surface area contributed by atoms with Crippen LogP contribution >= 0.6 is 0 Å². The van der Waals surface area contributed by atoms with Crippen molar-refractivity contribution in [2.24, 2.45) is 11.7 Å². The number of aromatic hydroxyl groups is 1. The maximum absolute atomic E-state index is 13.3. The molecular formula is C28H38N4O7. The van der Waals surface area contributed by atoms with Crippen molar-refractivity contribution in [2.75, 3.05) is 0 Å². The van der Waals surface area contributed by atoms with Gasteiger partial charge in [-0.05, 0) is 48.9 Å². The standard InChI is InChI=1S/C28H38N4O7/c1-16(2)13-23(28(38)39)31-27(37)24(17(3)33)32-26(36)22(15-19-9-11-20(34)12-10-19)30-25(35)21(29)14-18-7-5-4-6-8-18/h4-12,16-17,21-24,33-34H,13-15,29H2,1-3H3,(H,30,35)(H,31,37)(H,32,36)(H,38,39). The minimum absolute atomic E-state index is 0.00480. The fourth-order valence-corrected chi connectivity index (χ4v) is 3.93. The van der Waals surface area contributed by atoms with Crippen LogP contribution in [0.3, 0.4) is 0 Å². The molecule has 5 atom stereocenters. The summed E-state index contributed by atoms with van der Waals surface area (Å²) in [5.74, 6) is -3.50. The summed E-state index contributed by atoms with van der Waals surface area (Å²) in [6.45, 7) is 4.89. The average Bonchev–Trinajstić information content (AvgIpc) is 2.87. The van der Waals surface area contributed by atoms with E-state index in [1.54, 1.807) is 26.0 Å². The van der Waals surface area contributed by atoms with Crippen molar-refractivity contribution in [3.05, 3.63) is 65.7 Å². The summed E-state index contributed by atoms with van der Waals surface area (Å²) >= 11 is 0. The van der Waals surface area contributed by atoms with Crippen molar-refractivity contribution in [3.8, 4) is 5.75 Å². The van der Waals surface area contributed by atoms with Gasteiger partial charge in [-0.1, -0.05) is 56.3 Å². The number of aliphatic hydroxyl groups excluding tert-OH is 1. The molecule has 11 nitrogen and oxygen atoms in total. The van der Waals surface area contributed by atoms with E-state index < -0.39 is 54.0 Å². The molecule has 0 saturated carbocycles. The smallest absolute Gasteiger partial charge is 0.326 e. The molecule has 0 fully saturated rings. The predicted molar refractivity (Wildman–Crippen MR) is 144 cm³/mol. The van der Waals surface area contributed by atoms with Gasteiger partial charge in [-0.3, -0.25) is 14.4 Å². The minimum Gasteiger partial charge on any atom is -0.508 e. The zero-order chi connectivity index (χ0) is 29.1. The Kier molecular flexibility index (Phi) is 11.9. The van der Waals surface area contributed by atoms with Gasteiger partial charge < -0.3 is 37.0 Å². The minimum atomic E-state index is -1.48. The first-order valence-corrected chi connectivity index (χ1v) is 12.8. The first-order chi connectivity index (χ1) is 18.4. The number of carbonyl (C=O) groups excluding carboxylic acids is 3. The van der Waals surface area contributed by atoms with Gasteiger partial charge in [-0.2, -0.15) is 0 Å². The lowest BCUT2D eigenvalue weighted by Crippen LogP contribution is -2.60. The molecule has 0 aliphatic carbocycles. The second-order valence-electron chi connectivity index (χ2n) is 9.98. The third-order valence-corrected chi connectivity index (χ3v) is 6.03. The Hall–Kier alpha value is -3.96. The van der Waals surface area contributed by atoms with E-state index in [1.807, 2.05) is 30.3 Å². The van der Waals surface area contributed by atoms with E-state index in [1.165, 1.54) is 19.1 Å². The summed E-state index contributed by atoms with van der Waals surface area (Å²) < 4.78 is 0. The molecule has 8 N–H and O–H groups in total. The zero-order valence-corrected chi connectivity index (χ0v) is 22.3. The monoisotopic (exact) mass is 542 g/mol. The number of amides is 3. The van der Waals surface area contributed by atoms with Gasteiger partial charge in [0.05, 0.1) is 12.1 Å². The molecule has 2 aromatic carbocycles. The third-order valence-electron chi connectivity index (χ3n) is 6.03. The molecule has 0 spiro atoms. The molecule has 0 saturated heterocycles. The fraction of sp³-hybridized carbons (Fsp3) is 0.429. The van der Waals surface area contributed by atoms with E-state index in [4.69, 9.17) is 5.73 Å². The van der Waals surface area contributed by atoms with Crippen molar-refractivity contribution in [2.45, 2.75) is 70.3 Å². The van der Waals surface area contributed by atoms with Gasteiger partial charge in [0.1, 0.15) is 23.9 Å². The number of carboxylic acid groups (broad SMARTS) is 1. The molecule has 0 radical (unpaired) electrons. The number of carbonyl (C=O) groups is 4. The van der Waals surface area contributed by atoms with Crippen LogP contribution < -0.4 is 21.7 Å². The summed E-state index contributed by atoms with van der Waals surface area (Å²) in [5.41, 5.74) is 7.53. The Balaban J connectivity index is 2.21. The maximum atomic E-state index is 13.3. The van der Waals surface area contributed by atoms with Crippen LogP contribution in [-0.4, -0.2) is 69.3 Å². The summed E-state index contributed by atoms with van der Waals surface area (Å²) in [5, 5.41) is 36.7. The van der Waals surface area contributed by atoms with Gasteiger partial charge in [0.2, 0.25) is 17.7 Å². The zero-order valence-electron chi connectivity index (χ0n) is 22.3. The van der Waals surface area contributed by atoms with E-state index in [0.717, 1.165) is 5.56 Å². The number of carboxylic acids is 1. The topological polar surface area (TPSA) is 191 Å². The van der Waals surface area contributed by atoms with E-state index in [9.17, 15) is 34.5 Å². The Bertz CT molecular complexity index is 1110.